The van der Waals surface area contributed by atoms with Crippen LogP contribution in [0.15, 0.2) is 78.9 Å². The highest BCUT2D eigenvalue weighted by Crippen LogP contribution is 2.50. The van der Waals surface area contributed by atoms with Gasteiger partial charge in [-0.25, -0.2) is 4.57 Å². The average Bonchev–Trinajstić information content (AvgIpc) is 2.91. The quantitative estimate of drug-likeness (QED) is 0.216. The molecule has 0 heterocycles. The molecule has 0 aliphatic rings. The SMILES string of the molecule is CC(C)(C)c1ccc(-c2ccc(OP=O)c(-c3ccccc3)c2-c2ccc(C(C)(C)C)cc2C(C)(C)C)c(C(C)(C)C)c1. The van der Waals surface area contributed by atoms with Gasteiger partial charge in [-0.2, -0.15) is 0 Å². The molecular weight excluding hydrogens is 543 g/mol. The van der Waals surface area contributed by atoms with Crippen LogP contribution in [0.5, 0.6) is 5.75 Å². The first-order valence-corrected chi connectivity index (χ1v) is 16.1. The minimum absolute atomic E-state index is 0.0121. The van der Waals surface area contributed by atoms with E-state index in [0.717, 1.165) is 22.3 Å². The van der Waals surface area contributed by atoms with Gasteiger partial charge in [-0.3, -0.25) is 0 Å². The molecule has 43 heavy (non-hydrogen) atoms. The fraction of sp³-hybridized carbons (Fsp3) is 0.400. The molecule has 0 aliphatic heterocycles. The standard InChI is InChI=1S/C40H49O2P/c1-37(2,3)27-18-20-29(32(24-27)39(7,8)9)30-22-23-34(42-43-41)35(26-16-14-13-15-17-26)36(30)31-21-19-28(38(4,5)6)25-33(31)40(10,11)12/h13-25H,1-12H3. The molecule has 4 aromatic carbocycles. The van der Waals surface area contributed by atoms with Crippen LogP contribution < -0.4 is 4.52 Å². The summed E-state index contributed by atoms with van der Waals surface area (Å²) in [5.41, 5.74) is 11.6. The summed E-state index contributed by atoms with van der Waals surface area (Å²) in [5.74, 6) is 0.602. The predicted molar refractivity (Wildman–Crippen MR) is 186 cm³/mol. The van der Waals surface area contributed by atoms with Crippen molar-refractivity contribution < 1.29 is 9.09 Å². The molecule has 0 bridgehead atoms. The number of rotatable bonds is 5. The molecule has 0 aromatic heterocycles. The van der Waals surface area contributed by atoms with Crippen molar-refractivity contribution >= 4 is 8.69 Å². The van der Waals surface area contributed by atoms with Crippen LogP contribution in [0.3, 0.4) is 0 Å². The molecule has 4 rings (SSSR count). The van der Waals surface area contributed by atoms with Crippen molar-refractivity contribution in [3.8, 4) is 39.1 Å². The van der Waals surface area contributed by atoms with Gasteiger partial charge < -0.3 is 4.52 Å². The second-order valence-corrected chi connectivity index (χ2v) is 16.2. The van der Waals surface area contributed by atoms with Gasteiger partial charge in [0.15, 0.2) is 0 Å². The van der Waals surface area contributed by atoms with Crippen LogP contribution in [-0.4, -0.2) is 0 Å². The summed E-state index contributed by atoms with van der Waals surface area (Å²) in [5, 5.41) is 0. The molecule has 0 N–H and O–H groups in total. The Hall–Kier alpha value is -3.22. The third-order valence-electron chi connectivity index (χ3n) is 8.31. The van der Waals surface area contributed by atoms with Crippen molar-refractivity contribution in [1.29, 1.82) is 0 Å². The third-order valence-corrected chi connectivity index (χ3v) is 8.58. The van der Waals surface area contributed by atoms with Crippen LogP contribution in [0.25, 0.3) is 33.4 Å². The molecule has 0 saturated heterocycles. The highest BCUT2D eigenvalue weighted by molar-refractivity contribution is 7.17. The summed E-state index contributed by atoms with van der Waals surface area (Å²) >= 11 is 0. The molecule has 0 unspecified atom stereocenters. The Morgan fingerprint density at radius 1 is 0.488 bits per heavy atom. The summed E-state index contributed by atoms with van der Waals surface area (Å²) < 4.78 is 17.8. The fourth-order valence-corrected chi connectivity index (χ4v) is 6.04. The summed E-state index contributed by atoms with van der Waals surface area (Å²) in [4.78, 5) is 0. The van der Waals surface area contributed by atoms with E-state index >= 15 is 0 Å². The molecular formula is C40H49O2P. The second-order valence-electron chi connectivity index (χ2n) is 15.9. The van der Waals surface area contributed by atoms with Gasteiger partial charge >= 0.3 is 8.69 Å². The minimum atomic E-state index is -0.376. The van der Waals surface area contributed by atoms with E-state index in [-0.39, 0.29) is 30.3 Å². The molecule has 3 heteroatoms. The van der Waals surface area contributed by atoms with E-state index in [4.69, 9.17) is 4.52 Å². The Morgan fingerprint density at radius 2 is 0.953 bits per heavy atom. The molecule has 0 fully saturated rings. The van der Waals surface area contributed by atoms with Crippen molar-refractivity contribution in [2.75, 3.05) is 0 Å². The summed E-state index contributed by atoms with van der Waals surface area (Å²) in [7, 11) is -0.376. The van der Waals surface area contributed by atoms with Gasteiger partial charge in [0, 0.05) is 11.1 Å². The predicted octanol–water partition coefficient (Wildman–Crippen LogP) is 12.5. The molecule has 0 aliphatic carbocycles. The van der Waals surface area contributed by atoms with E-state index in [9.17, 15) is 4.57 Å². The largest absolute Gasteiger partial charge is 0.407 e. The Kier molecular flexibility index (Phi) is 8.89. The third kappa shape index (κ3) is 6.97. The van der Waals surface area contributed by atoms with E-state index in [0.29, 0.717) is 5.75 Å². The van der Waals surface area contributed by atoms with Gasteiger partial charge in [0.1, 0.15) is 5.75 Å². The maximum atomic E-state index is 11.9. The van der Waals surface area contributed by atoms with Crippen molar-refractivity contribution in [3.05, 3.63) is 101 Å². The highest BCUT2D eigenvalue weighted by atomic mass is 31.1. The van der Waals surface area contributed by atoms with Crippen molar-refractivity contribution in [2.24, 2.45) is 0 Å². The van der Waals surface area contributed by atoms with Gasteiger partial charge in [-0.1, -0.05) is 150 Å². The van der Waals surface area contributed by atoms with E-state index in [2.05, 4.69) is 150 Å². The first kappa shape index (κ1) is 32.7. The van der Waals surface area contributed by atoms with Gasteiger partial charge in [-0.15, -0.1) is 0 Å². The fourth-order valence-electron chi connectivity index (χ4n) is 5.81. The van der Waals surface area contributed by atoms with Crippen LogP contribution in [0, 0.1) is 0 Å². The monoisotopic (exact) mass is 592 g/mol. The topological polar surface area (TPSA) is 26.3 Å². The van der Waals surface area contributed by atoms with Gasteiger partial charge in [0.05, 0.1) is 0 Å². The molecule has 0 spiro atoms. The molecule has 2 nitrogen and oxygen atoms in total. The minimum Gasteiger partial charge on any atom is -0.407 e. The van der Waals surface area contributed by atoms with Gasteiger partial charge in [0.25, 0.3) is 0 Å². The second kappa shape index (κ2) is 11.7. The smallest absolute Gasteiger partial charge is 0.395 e. The lowest BCUT2D eigenvalue weighted by Gasteiger charge is -2.31. The van der Waals surface area contributed by atoms with Crippen LogP contribution >= 0.6 is 8.69 Å². The van der Waals surface area contributed by atoms with E-state index < -0.39 is 0 Å². The van der Waals surface area contributed by atoms with E-state index in [1.165, 1.54) is 33.4 Å². The Morgan fingerprint density at radius 3 is 1.42 bits per heavy atom. The van der Waals surface area contributed by atoms with Crippen LogP contribution in [0.2, 0.25) is 0 Å². The molecule has 0 atom stereocenters. The molecule has 4 aromatic rings. The normalized spacial score (nSPS) is 12.9. The van der Waals surface area contributed by atoms with Crippen molar-refractivity contribution in [1.82, 2.24) is 0 Å². The first-order valence-electron chi connectivity index (χ1n) is 15.4. The number of benzene rings is 4. The summed E-state index contributed by atoms with van der Waals surface area (Å²) in [6.45, 7) is 27.4. The van der Waals surface area contributed by atoms with Gasteiger partial charge in [-0.05, 0) is 78.3 Å². The lowest BCUT2D eigenvalue weighted by Crippen LogP contribution is -2.18. The van der Waals surface area contributed by atoms with Crippen molar-refractivity contribution in [2.45, 2.75) is 105 Å². The lowest BCUT2D eigenvalue weighted by molar-refractivity contribution is 0.526. The Balaban J connectivity index is 2.25. The maximum absolute atomic E-state index is 11.9. The maximum Gasteiger partial charge on any atom is 0.395 e. The molecule has 226 valence electrons. The zero-order valence-electron chi connectivity index (χ0n) is 28.3. The molecule has 0 saturated carbocycles. The molecule has 0 amide bonds. The summed E-state index contributed by atoms with van der Waals surface area (Å²) in [6.07, 6.45) is 0. The van der Waals surface area contributed by atoms with Gasteiger partial charge in [0.2, 0.25) is 0 Å². The lowest BCUT2D eigenvalue weighted by atomic mass is 9.73. The van der Waals surface area contributed by atoms with Crippen molar-refractivity contribution in [3.63, 3.8) is 0 Å². The zero-order valence-corrected chi connectivity index (χ0v) is 29.2. The number of hydrogen-bond acceptors (Lipinski definition) is 2. The van der Waals surface area contributed by atoms with Crippen LogP contribution in [-0.2, 0) is 26.2 Å². The average molecular weight is 593 g/mol. The molecule has 0 radical (unpaired) electrons. The Bertz CT molecular complexity index is 1620. The van der Waals surface area contributed by atoms with Crippen LogP contribution in [0.1, 0.15) is 105 Å². The number of hydrogen-bond donors (Lipinski definition) is 0. The first-order chi connectivity index (χ1) is 19.8. The Labute approximate surface area is 262 Å². The zero-order chi connectivity index (χ0) is 32.0. The van der Waals surface area contributed by atoms with Crippen LogP contribution in [0.4, 0.5) is 0 Å². The van der Waals surface area contributed by atoms with E-state index in [1.54, 1.807) is 0 Å². The highest BCUT2D eigenvalue weighted by Gasteiger charge is 2.30. The summed E-state index contributed by atoms with van der Waals surface area (Å²) in [6, 6.07) is 28.5. The van der Waals surface area contributed by atoms with E-state index in [1.807, 2.05) is 12.1 Å².